The highest BCUT2D eigenvalue weighted by atomic mass is 28.3. The van der Waals surface area contributed by atoms with Crippen molar-refractivity contribution in [2.24, 2.45) is 17.8 Å². The van der Waals surface area contributed by atoms with Crippen LogP contribution in [0.1, 0.15) is 23.2 Å². The van der Waals surface area contributed by atoms with Crippen molar-refractivity contribution in [1.82, 2.24) is 15.0 Å². The van der Waals surface area contributed by atoms with Gasteiger partial charge in [-0.05, 0) is 61.2 Å². The number of carbonyl (C=O) groups excluding carboxylic acids is 2. The molecule has 3 atom stereocenters. The Labute approximate surface area is 204 Å². The number of benzene rings is 2. The van der Waals surface area contributed by atoms with Crippen molar-refractivity contribution in [2.75, 3.05) is 6.61 Å². The molecule has 0 radical (unpaired) electrons. The van der Waals surface area contributed by atoms with Gasteiger partial charge in [0, 0.05) is 19.6 Å². The van der Waals surface area contributed by atoms with Crippen molar-refractivity contribution >= 4 is 30.7 Å². The van der Waals surface area contributed by atoms with E-state index in [2.05, 4.69) is 30.0 Å². The maximum Gasteiger partial charge on any atom is 0.310 e. The van der Waals surface area contributed by atoms with E-state index in [1.807, 2.05) is 0 Å². The van der Waals surface area contributed by atoms with Gasteiger partial charge in [-0.25, -0.2) is 4.68 Å². The average Bonchev–Trinajstić information content (AvgIpc) is 3.24. The van der Waals surface area contributed by atoms with Gasteiger partial charge in [-0.15, -0.1) is 5.10 Å². The second-order valence-electron chi connectivity index (χ2n) is 10.5. The number of ether oxygens (including phenoxy) is 1. The Kier molecular flexibility index (Phi) is 7.16. The zero-order valence-corrected chi connectivity index (χ0v) is 21.3. The van der Waals surface area contributed by atoms with Crippen molar-refractivity contribution in [2.45, 2.75) is 45.1 Å². The minimum atomic E-state index is -1.40. The Morgan fingerprint density at radius 1 is 1.09 bits per heavy atom. The first-order valence-corrected chi connectivity index (χ1v) is 15.7. The van der Waals surface area contributed by atoms with Crippen molar-refractivity contribution < 1.29 is 19.4 Å². The molecule has 9 heteroatoms. The molecule has 1 heterocycles. The van der Waals surface area contributed by atoms with Gasteiger partial charge in [0.1, 0.15) is 11.3 Å². The van der Waals surface area contributed by atoms with Crippen LogP contribution in [-0.2, 0) is 16.1 Å². The van der Waals surface area contributed by atoms with Crippen molar-refractivity contribution in [3.8, 4) is 5.75 Å². The lowest BCUT2D eigenvalue weighted by molar-refractivity contribution is -0.150. The van der Waals surface area contributed by atoms with Gasteiger partial charge in [0.15, 0.2) is 5.78 Å². The summed E-state index contributed by atoms with van der Waals surface area (Å²) in [6.07, 6.45) is 1.09. The number of esters is 1. The lowest BCUT2D eigenvalue weighted by Gasteiger charge is -2.24. The Morgan fingerprint density at radius 2 is 1.80 bits per heavy atom. The molecule has 3 unspecified atom stereocenters. The van der Waals surface area contributed by atoms with Crippen molar-refractivity contribution in [3.05, 3.63) is 64.4 Å². The van der Waals surface area contributed by atoms with E-state index in [-0.39, 0.29) is 29.6 Å². The molecule has 0 saturated heterocycles. The average molecular weight is 494 g/mol. The van der Waals surface area contributed by atoms with Crippen LogP contribution in [0.4, 0.5) is 0 Å². The monoisotopic (exact) mass is 493 g/mol. The molecule has 8 nitrogen and oxygen atoms in total. The summed E-state index contributed by atoms with van der Waals surface area (Å²) >= 11 is 0. The summed E-state index contributed by atoms with van der Waals surface area (Å²) in [5.41, 5.74) is 0.689. The maximum absolute atomic E-state index is 13.4. The van der Waals surface area contributed by atoms with Gasteiger partial charge in [-0.1, -0.05) is 37.0 Å². The molecule has 1 fully saturated rings. The highest BCUT2D eigenvalue weighted by Gasteiger charge is 2.46. The predicted molar refractivity (Wildman–Crippen MR) is 135 cm³/mol. The summed E-state index contributed by atoms with van der Waals surface area (Å²) in [6, 6.07) is 13.9. The number of Topliss-reactive ketones (excluding diaryl/α,β-unsaturated/α-hetero) is 1. The molecule has 2 aromatic carbocycles. The maximum atomic E-state index is 13.4. The summed E-state index contributed by atoms with van der Waals surface area (Å²) in [4.78, 5) is 39.7. The third kappa shape index (κ3) is 5.67. The van der Waals surface area contributed by atoms with E-state index in [4.69, 9.17) is 4.74 Å². The predicted octanol–water partition coefficient (Wildman–Crippen LogP) is 3.90. The third-order valence-electron chi connectivity index (χ3n) is 6.68. The molecule has 1 N–H and O–H groups in total. The molecule has 0 bridgehead atoms. The van der Waals surface area contributed by atoms with Crippen LogP contribution < -0.4 is 5.56 Å². The number of phenolic OH excluding ortho intramolecular Hbond substituents is 1. The molecular weight excluding hydrogens is 462 g/mol. The largest absolute Gasteiger partial charge is 0.508 e. The smallest absolute Gasteiger partial charge is 0.310 e. The van der Waals surface area contributed by atoms with E-state index < -0.39 is 25.9 Å². The first-order valence-electron chi connectivity index (χ1n) is 12.0. The summed E-state index contributed by atoms with van der Waals surface area (Å²) in [5.74, 6) is -2.01. The van der Waals surface area contributed by atoms with E-state index in [1.165, 1.54) is 16.8 Å². The summed E-state index contributed by atoms with van der Waals surface area (Å²) in [6.45, 7) is 7.14. The Balaban J connectivity index is 1.60. The summed E-state index contributed by atoms with van der Waals surface area (Å²) < 4.78 is 6.98. The van der Waals surface area contributed by atoms with Crippen molar-refractivity contribution in [1.29, 1.82) is 0 Å². The Morgan fingerprint density at radius 3 is 2.51 bits per heavy atom. The van der Waals surface area contributed by atoms with Crippen LogP contribution >= 0.6 is 0 Å². The highest BCUT2D eigenvalue weighted by Crippen LogP contribution is 2.41. The first kappa shape index (κ1) is 24.8. The molecule has 1 aliphatic carbocycles. The first-order chi connectivity index (χ1) is 16.6. The lowest BCUT2D eigenvalue weighted by Crippen LogP contribution is -2.36. The molecule has 4 rings (SSSR count). The minimum Gasteiger partial charge on any atom is -0.508 e. The van der Waals surface area contributed by atoms with Crippen LogP contribution in [0, 0.1) is 17.8 Å². The van der Waals surface area contributed by atoms with Crippen LogP contribution in [-0.4, -0.2) is 46.5 Å². The van der Waals surface area contributed by atoms with E-state index in [0.29, 0.717) is 35.9 Å². The highest BCUT2D eigenvalue weighted by molar-refractivity contribution is 6.76. The molecule has 35 heavy (non-hydrogen) atoms. The fraction of sp³-hybridized carbons (Fsp3) is 0.423. The SMILES string of the molecule is C[Si](C)(C)CCOC(=O)C1C(Cn2nnc3ccccc3c2=O)CCC1C(=O)c1ccc(O)cc1. The van der Waals surface area contributed by atoms with Crippen LogP contribution in [0.15, 0.2) is 53.3 Å². The number of aromatic nitrogens is 3. The molecule has 0 amide bonds. The topological polar surface area (TPSA) is 111 Å². The van der Waals surface area contributed by atoms with Gasteiger partial charge in [0.05, 0.1) is 24.5 Å². The molecule has 0 aliphatic heterocycles. The number of hydrogen-bond donors (Lipinski definition) is 1. The van der Waals surface area contributed by atoms with Gasteiger partial charge < -0.3 is 9.84 Å². The van der Waals surface area contributed by atoms with Crippen LogP contribution in [0.5, 0.6) is 5.75 Å². The molecule has 1 aromatic heterocycles. The quantitative estimate of drug-likeness (QED) is 0.288. The number of fused-ring (bicyclic) bond motifs is 1. The number of nitrogens with zero attached hydrogens (tertiary/aromatic N) is 3. The second kappa shape index (κ2) is 10.1. The third-order valence-corrected chi connectivity index (χ3v) is 8.39. The molecule has 1 aliphatic rings. The Bertz CT molecular complexity index is 1280. The number of carbonyl (C=O) groups is 2. The lowest BCUT2D eigenvalue weighted by atomic mass is 9.84. The van der Waals surface area contributed by atoms with Crippen LogP contribution in [0.25, 0.3) is 10.9 Å². The molecule has 184 valence electrons. The zero-order valence-electron chi connectivity index (χ0n) is 20.3. The molecule has 0 spiro atoms. The van der Waals surface area contributed by atoms with E-state index >= 15 is 0 Å². The van der Waals surface area contributed by atoms with Gasteiger partial charge in [-0.3, -0.25) is 14.4 Å². The van der Waals surface area contributed by atoms with Gasteiger partial charge in [0.25, 0.3) is 5.56 Å². The van der Waals surface area contributed by atoms with E-state index in [9.17, 15) is 19.5 Å². The molecule has 3 aromatic rings. The number of hydrogen-bond acceptors (Lipinski definition) is 7. The number of phenols is 1. The Hall–Kier alpha value is -3.33. The fourth-order valence-electron chi connectivity index (χ4n) is 4.70. The summed E-state index contributed by atoms with van der Waals surface area (Å²) in [7, 11) is -1.40. The van der Waals surface area contributed by atoms with E-state index in [0.717, 1.165) is 6.04 Å². The summed E-state index contributed by atoms with van der Waals surface area (Å²) in [5, 5.41) is 18.3. The van der Waals surface area contributed by atoms with Gasteiger partial charge in [0.2, 0.25) is 0 Å². The normalized spacial score (nSPS) is 20.1. The number of rotatable bonds is 8. The zero-order chi connectivity index (χ0) is 25.2. The van der Waals surface area contributed by atoms with Crippen LogP contribution in [0.3, 0.4) is 0 Å². The molecular formula is C26H31N3O5Si. The van der Waals surface area contributed by atoms with Crippen LogP contribution in [0.2, 0.25) is 25.7 Å². The second-order valence-corrected chi connectivity index (χ2v) is 16.1. The van der Waals surface area contributed by atoms with E-state index in [1.54, 1.807) is 36.4 Å². The number of ketones is 1. The minimum absolute atomic E-state index is 0.0717. The van der Waals surface area contributed by atoms with Crippen molar-refractivity contribution in [3.63, 3.8) is 0 Å². The molecule has 1 saturated carbocycles. The van der Waals surface area contributed by atoms with Gasteiger partial charge >= 0.3 is 5.97 Å². The fourth-order valence-corrected chi connectivity index (χ4v) is 5.41. The number of aromatic hydroxyl groups is 1. The van der Waals surface area contributed by atoms with Gasteiger partial charge in [-0.2, -0.15) is 0 Å². The standard InChI is InChI=1S/C26H31N3O5Si/c1-35(2,3)15-14-34-26(33)23-18(10-13-21(23)24(31)17-8-11-19(30)12-9-17)16-29-25(32)20-6-4-5-7-22(20)27-28-29/h4-9,11-12,18,21,23,30H,10,13-16H2,1-3H3.